The molecule has 1 fully saturated rings. The highest BCUT2D eigenvalue weighted by Crippen LogP contribution is 2.44. The highest BCUT2D eigenvalue weighted by molar-refractivity contribution is 6.14. The van der Waals surface area contributed by atoms with E-state index in [9.17, 15) is 4.79 Å². The molecule has 214 valence electrons. The third-order valence-corrected chi connectivity index (χ3v) is 8.47. The van der Waals surface area contributed by atoms with E-state index in [1.165, 1.54) is 0 Å². The van der Waals surface area contributed by atoms with Gasteiger partial charge in [-0.15, -0.1) is 0 Å². The molecule has 0 radical (unpaired) electrons. The van der Waals surface area contributed by atoms with Gasteiger partial charge in [0.1, 0.15) is 24.7 Å². The van der Waals surface area contributed by atoms with Crippen LogP contribution in [0.3, 0.4) is 0 Å². The summed E-state index contributed by atoms with van der Waals surface area (Å²) in [6.45, 7) is 7.94. The number of allylic oxidation sites excluding steroid dienone is 2. The molecule has 1 aliphatic rings. The van der Waals surface area contributed by atoms with Crippen LogP contribution in [0.25, 0.3) is 12.2 Å². The lowest BCUT2D eigenvalue weighted by atomic mass is 9.66. The maximum atomic E-state index is 13.8. The van der Waals surface area contributed by atoms with Crippen LogP contribution in [0.1, 0.15) is 62.3 Å². The Hall–Kier alpha value is -4.37. The molecule has 1 saturated carbocycles. The standard InChI is InChI=1S/C39H40O3/c1-4-39(2,3)35-25-33(23-29-15-19-36(20-16-29)41-27-31-11-7-5-8-12-31)38(40)34(26-35)24-30-17-21-37(22-18-30)42-28-32-13-9-6-10-14-32/h5-24,35H,4,25-28H2,1-3H3/b33-23+,34-24+. The third kappa shape index (κ3) is 7.67. The van der Waals surface area contributed by atoms with E-state index in [1.54, 1.807) is 0 Å². The molecule has 0 unspecified atom stereocenters. The summed E-state index contributed by atoms with van der Waals surface area (Å²) in [5, 5.41) is 0. The van der Waals surface area contributed by atoms with Crippen molar-refractivity contribution in [2.75, 3.05) is 0 Å². The Kier molecular flexibility index (Phi) is 9.38. The summed E-state index contributed by atoms with van der Waals surface area (Å²) in [7, 11) is 0. The van der Waals surface area contributed by atoms with Crippen LogP contribution in [0.4, 0.5) is 0 Å². The van der Waals surface area contributed by atoms with Crippen molar-refractivity contribution in [1.82, 2.24) is 0 Å². The van der Waals surface area contributed by atoms with Gasteiger partial charge in [-0.2, -0.15) is 0 Å². The zero-order valence-electron chi connectivity index (χ0n) is 24.9. The van der Waals surface area contributed by atoms with E-state index in [0.717, 1.165) is 64.2 Å². The fourth-order valence-electron chi connectivity index (χ4n) is 5.29. The van der Waals surface area contributed by atoms with Crippen LogP contribution >= 0.6 is 0 Å². The monoisotopic (exact) mass is 556 g/mol. The average molecular weight is 557 g/mol. The summed E-state index contributed by atoms with van der Waals surface area (Å²) >= 11 is 0. The predicted octanol–water partition coefficient (Wildman–Crippen LogP) is 9.73. The van der Waals surface area contributed by atoms with Gasteiger partial charge in [0.25, 0.3) is 0 Å². The number of ether oxygens (including phenoxy) is 2. The van der Waals surface area contributed by atoms with Crippen LogP contribution in [0.5, 0.6) is 11.5 Å². The van der Waals surface area contributed by atoms with Crippen molar-refractivity contribution in [2.45, 2.75) is 53.2 Å². The lowest BCUT2D eigenvalue weighted by Crippen LogP contribution is -2.30. The number of benzene rings is 4. The summed E-state index contributed by atoms with van der Waals surface area (Å²) in [4.78, 5) is 13.8. The van der Waals surface area contributed by atoms with E-state index < -0.39 is 0 Å². The van der Waals surface area contributed by atoms with Gasteiger partial charge in [-0.25, -0.2) is 0 Å². The average Bonchev–Trinajstić information content (AvgIpc) is 3.03. The molecule has 3 heteroatoms. The Balaban J connectivity index is 1.31. The Morgan fingerprint density at radius 3 is 1.43 bits per heavy atom. The number of hydrogen-bond donors (Lipinski definition) is 0. The minimum Gasteiger partial charge on any atom is -0.489 e. The highest BCUT2D eigenvalue weighted by Gasteiger charge is 2.36. The van der Waals surface area contributed by atoms with Gasteiger partial charge in [-0.05, 0) is 82.8 Å². The first-order valence-corrected chi connectivity index (χ1v) is 14.9. The van der Waals surface area contributed by atoms with Crippen molar-refractivity contribution >= 4 is 17.9 Å². The predicted molar refractivity (Wildman–Crippen MR) is 172 cm³/mol. The van der Waals surface area contributed by atoms with Gasteiger partial charge in [0.15, 0.2) is 5.78 Å². The molecule has 42 heavy (non-hydrogen) atoms. The first-order valence-electron chi connectivity index (χ1n) is 14.9. The largest absolute Gasteiger partial charge is 0.489 e. The summed E-state index contributed by atoms with van der Waals surface area (Å²) in [5.41, 5.74) is 6.17. The van der Waals surface area contributed by atoms with Crippen molar-refractivity contribution in [3.05, 3.63) is 143 Å². The summed E-state index contributed by atoms with van der Waals surface area (Å²) in [5.74, 6) is 2.17. The van der Waals surface area contributed by atoms with Gasteiger partial charge < -0.3 is 9.47 Å². The number of hydrogen-bond acceptors (Lipinski definition) is 3. The van der Waals surface area contributed by atoms with Crippen LogP contribution in [0.2, 0.25) is 0 Å². The van der Waals surface area contributed by atoms with Crippen LogP contribution in [0, 0.1) is 11.3 Å². The molecule has 0 saturated heterocycles. The van der Waals surface area contributed by atoms with E-state index >= 15 is 0 Å². The van der Waals surface area contributed by atoms with E-state index in [-0.39, 0.29) is 11.2 Å². The van der Waals surface area contributed by atoms with Gasteiger partial charge in [0.2, 0.25) is 0 Å². The number of ketones is 1. The second-order valence-corrected chi connectivity index (χ2v) is 11.8. The summed E-state index contributed by atoms with van der Waals surface area (Å²) in [6, 6.07) is 36.4. The topological polar surface area (TPSA) is 35.5 Å². The van der Waals surface area contributed by atoms with Gasteiger partial charge in [0.05, 0.1) is 0 Å². The molecular formula is C39H40O3. The van der Waals surface area contributed by atoms with Gasteiger partial charge in [-0.3, -0.25) is 4.79 Å². The fourth-order valence-corrected chi connectivity index (χ4v) is 5.29. The van der Waals surface area contributed by atoms with E-state index in [1.807, 2.05) is 84.9 Å². The number of carbonyl (C=O) groups is 1. The summed E-state index contributed by atoms with van der Waals surface area (Å²) < 4.78 is 11.9. The van der Waals surface area contributed by atoms with Gasteiger partial charge in [-0.1, -0.05) is 112 Å². The molecule has 0 atom stereocenters. The van der Waals surface area contributed by atoms with Crippen molar-refractivity contribution in [3.8, 4) is 11.5 Å². The molecular weight excluding hydrogens is 516 g/mol. The third-order valence-electron chi connectivity index (χ3n) is 8.47. The molecule has 1 aliphatic carbocycles. The SMILES string of the molecule is CCC(C)(C)C1C/C(=C\c2ccc(OCc3ccccc3)cc2)C(=O)/C(=C/c2ccc(OCc3ccccc3)cc2)C1. The van der Waals surface area contributed by atoms with Crippen molar-refractivity contribution < 1.29 is 14.3 Å². The zero-order chi connectivity index (χ0) is 29.4. The fraction of sp³-hybridized carbons (Fsp3) is 0.256. The van der Waals surface area contributed by atoms with Gasteiger partial charge >= 0.3 is 0 Å². The number of Topliss-reactive ketones (excluding diaryl/α,β-unsaturated/α-hetero) is 1. The quantitative estimate of drug-likeness (QED) is 0.182. The van der Waals surface area contributed by atoms with E-state index in [2.05, 4.69) is 57.2 Å². The van der Waals surface area contributed by atoms with Crippen molar-refractivity contribution in [1.29, 1.82) is 0 Å². The molecule has 0 aromatic heterocycles. The number of carbonyl (C=O) groups excluding carboxylic acids is 1. The smallest absolute Gasteiger partial charge is 0.185 e. The first-order chi connectivity index (χ1) is 20.4. The van der Waals surface area contributed by atoms with Crippen LogP contribution in [-0.4, -0.2) is 5.78 Å². The van der Waals surface area contributed by atoms with Gasteiger partial charge in [0, 0.05) is 11.1 Å². The van der Waals surface area contributed by atoms with E-state index in [4.69, 9.17) is 9.47 Å². The Labute approximate surface area is 250 Å². The number of rotatable bonds is 10. The highest BCUT2D eigenvalue weighted by atomic mass is 16.5. The molecule has 3 nitrogen and oxygen atoms in total. The zero-order valence-corrected chi connectivity index (χ0v) is 24.9. The summed E-state index contributed by atoms with van der Waals surface area (Å²) in [6.07, 6.45) is 6.77. The molecule has 5 rings (SSSR count). The Bertz CT molecular complexity index is 1400. The van der Waals surface area contributed by atoms with Crippen LogP contribution in [-0.2, 0) is 18.0 Å². The second kappa shape index (κ2) is 13.5. The Morgan fingerprint density at radius 1 is 0.643 bits per heavy atom. The lowest BCUT2D eigenvalue weighted by Gasteiger charge is -2.37. The van der Waals surface area contributed by atoms with Crippen molar-refractivity contribution in [3.63, 3.8) is 0 Å². The Morgan fingerprint density at radius 2 is 1.05 bits per heavy atom. The molecule has 4 aromatic carbocycles. The molecule has 0 amide bonds. The van der Waals surface area contributed by atoms with Crippen LogP contribution < -0.4 is 9.47 Å². The minimum atomic E-state index is 0.128. The second-order valence-electron chi connectivity index (χ2n) is 11.8. The van der Waals surface area contributed by atoms with Crippen molar-refractivity contribution in [2.24, 2.45) is 11.3 Å². The van der Waals surface area contributed by atoms with E-state index in [0.29, 0.717) is 19.1 Å². The normalized spacial score (nSPS) is 17.4. The molecule has 0 heterocycles. The maximum absolute atomic E-state index is 13.8. The minimum absolute atomic E-state index is 0.128. The molecule has 4 aromatic rings. The molecule has 0 N–H and O–H groups in total. The lowest BCUT2D eigenvalue weighted by molar-refractivity contribution is -0.113. The first kappa shape index (κ1) is 29.1. The van der Waals surface area contributed by atoms with Crippen LogP contribution in [0.15, 0.2) is 120 Å². The molecule has 0 aliphatic heterocycles. The molecule has 0 bridgehead atoms. The maximum Gasteiger partial charge on any atom is 0.185 e. The molecule has 0 spiro atoms.